The van der Waals surface area contributed by atoms with Gasteiger partial charge in [0.2, 0.25) is 11.8 Å². The van der Waals surface area contributed by atoms with E-state index in [-0.39, 0.29) is 30.1 Å². The molecule has 2 N–H and O–H groups in total. The van der Waals surface area contributed by atoms with Crippen LogP contribution >= 0.6 is 12.4 Å². The summed E-state index contributed by atoms with van der Waals surface area (Å²) in [6.45, 7) is 3.48. The number of ether oxygens (including phenoxy) is 2. The molecule has 0 saturated carbocycles. The van der Waals surface area contributed by atoms with Crippen LogP contribution in [0.5, 0.6) is 11.5 Å². The van der Waals surface area contributed by atoms with Crippen molar-refractivity contribution in [3.8, 4) is 11.5 Å². The minimum atomic E-state index is -0.468. The summed E-state index contributed by atoms with van der Waals surface area (Å²) < 4.78 is 10.6. The number of amides is 2. The molecule has 2 fully saturated rings. The number of piperidine rings is 1. The lowest BCUT2D eigenvalue weighted by Crippen LogP contribution is -2.47. The first kappa shape index (κ1) is 21.3. The maximum Gasteiger partial charge on any atom is 0.249 e. The summed E-state index contributed by atoms with van der Waals surface area (Å²) >= 11 is 0. The van der Waals surface area contributed by atoms with Crippen LogP contribution in [0.2, 0.25) is 0 Å². The molecular formula is C19H28ClN3O4. The van der Waals surface area contributed by atoms with Crippen molar-refractivity contribution in [2.45, 2.75) is 38.3 Å². The second-order valence-corrected chi connectivity index (χ2v) is 6.99. The fraction of sp³-hybridized carbons (Fsp3) is 0.579. The van der Waals surface area contributed by atoms with Crippen LogP contribution in [0, 0.1) is 5.92 Å². The zero-order chi connectivity index (χ0) is 18.7. The number of anilines is 1. The summed E-state index contributed by atoms with van der Waals surface area (Å²) in [5, 5.41) is 6.30. The van der Waals surface area contributed by atoms with Gasteiger partial charge in [0.05, 0.1) is 19.9 Å². The molecule has 3 atom stereocenters. The van der Waals surface area contributed by atoms with Gasteiger partial charge >= 0.3 is 0 Å². The maximum absolute atomic E-state index is 12.8. The molecule has 2 amide bonds. The number of hydrogen-bond acceptors (Lipinski definition) is 5. The molecule has 8 heteroatoms. The van der Waals surface area contributed by atoms with Crippen molar-refractivity contribution in [1.82, 2.24) is 10.6 Å². The first-order valence-electron chi connectivity index (χ1n) is 9.10. The lowest BCUT2D eigenvalue weighted by Gasteiger charge is -2.28. The summed E-state index contributed by atoms with van der Waals surface area (Å²) in [6, 6.07) is 5.24. The van der Waals surface area contributed by atoms with Gasteiger partial charge in [-0.1, -0.05) is 0 Å². The molecule has 0 aliphatic carbocycles. The van der Waals surface area contributed by atoms with E-state index < -0.39 is 6.04 Å². The maximum atomic E-state index is 12.8. The average Bonchev–Trinajstić information content (AvgIpc) is 3.01. The van der Waals surface area contributed by atoms with E-state index in [4.69, 9.17) is 9.47 Å². The molecule has 2 heterocycles. The Hall–Kier alpha value is -1.99. The molecule has 1 aromatic rings. The summed E-state index contributed by atoms with van der Waals surface area (Å²) in [4.78, 5) is 27.0. The van der Waals surface area contributed by atoms with Crippen molar-refractivity contribution in [3.05, 3.63) is 18.2 Å². The number of carbonyl (C=O) groups excluding carboxylic acids is 2. The molecule has 27 heavy (non-hydrogen) atoms. The van der Waals surface area contributed by atoms with Crippen molar-refractivity contribution in [1.29, 1.82) is 0 Å². The third-order valence-electron chi connectivity index (χ3n) is 5.16. The number of benzene rings is 1. The van der Waals surface area contributed by atoms with Crippen LogP contribution in [-0.2, 0) is 9.59 Å². The predicted molar refractivity (Wildman–Crippen MR) is 106 cm³/mol. The van der Waals surface area contributed by atoms with E-state index in [0.717, 1.165) is 25.1 Å². The largest absolute Gasteiger partial charge is 0.497 e. The molecule has 0 aromatic heterocycles. The van der Waals surface area contributed by atoms with E-state index in [9.17, 15) is 9.59 Å². The van der Waals surface area contributed by atoms with Crippen LogP contribution in [0.1, 0.15) is 26.2 Å². The Morgan fingerprint density at radius 2 is 1.85 bits per heavy atom. The molecule has 1 unspecified atom stereocenters. The van der Waals surface area contributed by atoms with Gasteiger partial charge in [-0.2, -0.15) is 0 Å². The Labute approximate surface area is 166 Å². The first-order chi connectivity index (χ1) is 12.5. The SMILES string of the molecule is COc1cc(OC)cc(N2CCC(NC(=O)[C@H]3CCN[C@@H](C)C3)C2=O)c1.Cl. The molecule has 1 aromatic carbocycles. The number of methoxy groups -OCH3 is 2. The van der Waals surface area contributed by atoms with E-state index in [2.05, 4.69) is 17.6 Å². The molecule has 0 bridgehead atoms. The number of carbonyl (C=O) groups is 2. The zero-order valence-corrected chi connectivity index (χ0v) is 16.8. The highest BCUT2D eigenvalue weighted by molar-refractivity contribution is 6.01. The summed E-state index contributed by atoms with van der Waals surface area (Å²) in [5.41, 5.74) is 0.721. The first-order valence-corrected chi connectivity index (χ1v) is 9.10. The highest BCUT2D eigenvalue weighted by atomic mass is 35.5. The van der Waals surface area contributed by atoms with Gasteiger partial charge in [0.25, 0.3) is 0 Å². The Bertz CT molecular complexity index is 663. The van der Waals surface area contributed by atoms with Gasteiger partial charge in [0.15, 0.2) is 0 Å². The lowest BCUT2D eigenvalue weighted by molar-refractivity contribution is -0.130. The van der Waals surface area contributed by atoms with E-state index in [0.29, 0.717) is 30.5 Å². The Balaban J connectivity index is 0.00000261. The van der Waals surface area contributed by atoms with Crippen LogP contribution < -0.4 is 25.0 Å². The smallest absolute Gasteiger partial charge is 0.249 e. The van der Waals surface area contributed by atoms with Gasteiger partial charge in [-0.05, 0) is 32.7 Å². The highest BCUT2D eigenvalue weighted by Crippen LogP contribution is 2.31. The second kappa shape index (κ2) is 9.28. The molecule has 2 saturated heterocycles. The second-order valence-electron chi connectivity index (χ2n) is 6.99. The molecule has 3 rings (SSSR count). The number of rotatable bonds is 5. The molecule has 0 spiro atoms. The fourth-order valence-corrected chi connectivity index (χ4v) is 3.68. The Kier molecular flexibility index (Phi) is 7.33. The number of nitrogens with one attached hydrogen (secondary N) is 2. The van der Waals surface area contributed by atoms with Crippen molar-refractivity contribution in [2.75, 3.05) is 32.2 Å². The predicted octanol–water partition coefficient (Wildman–Crippen LogP) is 1.74. The van der Waals surface area contributed by atoms with Crippen LogP contribution in [0.15, 0.2) is 18.2 Å². The summed E-state index contributed by atoms with van der Waals surface area (Å²) in [7, 11) is 3.15. The molecule has 7 nitrogen and oxygen atoms in total. The van der Waals surface area contributed by atoms with E-state index in [1.54, 1.807) is 37.3 Å². The van der Waals surface area contributed by atoms with Crippen molar-refractivity contribution in [3.63, 3.8) is 0 Å². The molecule has 2 aliphatic rings. The van der Waals surface area contributed by atoms with Crippen molar-refractivity contribution in [2.24, 2.45) is 5.92 Å². The average molecular weight is 398 g/mol. The molecule has 2 aliphatic heterocycles. The quantitative estimate of drug-likeness (QED) is 0.791. The van der Waals surface area contributed by atoms with E-state index >= 15 is 0 Å². The van der Waals surface area contributed by atoms with Crippen molar-refractivity contribution < 1.29 is 19.1 Å². The van der Waals surface area contributed by atoms with Gasteiger partial charge in [-0.25, -0.2) is 0 Å². The van der Waals surface area contributed by atoms with Gasteiger partial charge in [-0.3, -0.25) is 9.59 Å². The van der Waals surface area contributed by atoms with Gasteiger partial charge in [-0.15, -0.1) is 12.4 Å². The molecule has 0 radical (unpaired) electrons. The monoisotopic (exact) mass is 397 g/mol. The third kappa shape index (κ3) is 4.84. The van der Waals surface area contributed by atoms with E-state index in [1.807, 2.05) is 0 Å². The van der Waals surface area contributed by atoms with Crippen molar-refractivity contribution >= 4 is 29.9 Å². The standard InChI is InChI=1S/C19H27N3O4.ClH/c1-12-8-13(4-6-20-12)18(23)21-17-5-7-22(19(17)24)14-9-15(25-2)11-16(10-14)26-3;/h9-13,17,20H,4-8H2,1-3H3,(H,21,23);1H/t12-,13-,17?;/m0./s1. The van der Waals surface area contributed by atoms with Gasteiger partial charge in [0.1, 0.15) is 17.5 Å². The summed E-state index contributed by atoms with van der Waals surface area (Å²) in [6.07, 6.45) is 2.22. The third-order valence-corrected chi connectivity index (χ3v) is 5.16. The Morgan fingerprint density at radius 1 is 1.19 bits per heavy atom. The lowest BCUT2D eigenvalue weighted by atomic mass is 9.92. The van der Waals surface area contributed by atoms with Crippen LogP contribution in [0.3, 0.4) is 0 Å². The number of hydrogen-bond donors (Lipinski definition) is 2. The van der Waals surface area contributed by atoms with Gasteiger partial charge in [0, 0.05) is 36.7 Å². The molecular weight excluding hydrogens is 370 g/mol. The Morgan fingerprint density at radius 3 is 2.44 bits per heavy atom. The van der Waals surface area contributed by atoms with Crippen LogP contribution in [-0.4, -0.2) is 51.2 Å². The number of nitrogens with zero attached hydrogens (tertiary/aromatic N) is 1. The van der Waals surface area contributed by atoms with Crippen LogP contribution in [0.4, 0.5) is 5.69 Å². The highest BCUT2D eigenvalue weighted by Gasteiger charge is 2.36. The summed E-state index contributed by atoms with van der Waals surface area (Å²) in [5.74, 6) is 1.13. The van der Waals surface area contributed by atoms with Crippen LogP contribution in [0.25, 0.3) is 0 Å². The topological polar surface area (TPSA) is 79.9 Å². The minimum absolute atomic E-state index is 0. The van der Waals surface area contributed by atoms with E-state index in [1.165, 1.54) is 0 Å². The normalized spacial score (nSPS) is 24.9. The fourth-order valence-electron chi connectivity index (χ4n) is 3.68. The minimum Gasteiger partial charge on any atom is -0.497 e. The number of halogens is 1. The molecule has 150 valence electrons. The zero-order valence-electron chi connectivity index (χ0n) is 16.0. The van der Waals surface area contributed by atoms with Gasteiger partial charge < -0.3 is 25.0 Å².